The third-order valence-electron chi connectivity index (χ3n) is 6.53. The van der Waals surface area contributed by atoms with E-state index in [4.69, 9.17) is 17.2 Å². The molecule has 3 heterocycles. The minimum Gasteiger partial charge on any atom is -0.356 e. The van der Waals surface area contributed by atoms with Crippen LogP contribution in [0.1, 0.15) is 29.5 Å². The molecule has 0 spiro atoms. The monoisotopic (exact) mass is 473 g/mol. The molecule has 0 aliphatic carbocycles. The summed E-state index contributed by atoms with van der Waals surface area (Å²) in [6, 6.07) is 19.3. The molecule has 2 saturated heterocycles. The van der Waals surface area contributed by atoms with Gasteiger partial charge in [-0.1, -0.05) is 65.9 Å². The second-order valence-electron chi connectivity index (χ2n) is 8.96. The van der Waals surface area contributed by atoms with Crippen LogP contribution < -0.4 is 4.90 Å². The second-order valence-corrected chi connectivity index (χ2v) is 10.6. The maximum Gasteiger partial charge on any atom is 0.265 e. The zero-order chi connectivity index (χ0) is 22.9. The number of rotatable bonds is 4. The number of thiocarbonyl (C=S) groups is 1. The van der Waals surface area contributed by atoms with Gasteiger partial charge < -0.3 is 4.90 Å². The average molecular weight is 474 g/mol. The fourth-order valence-electron chi connectivity index (χ4n) is 4.64. The van der Waals surface area contributed by atoms with Crippen LogP contribution in [0.4, 0.5) is 5.82 Å². The number of aromatic nitrogens is 1. The normalized spacial score (nSPS) is 18.7. The summed E-state index contributed by atoms with van der Waals surface area (Å²) in [5.41, 5.74) is 4.59. The fourth-order valence-corrected chi connectivity index (χ4v) is 5.82. The molecule has 33 heavy (non-hydrogen) atoms. The quantitative estimate of drug-likeness (QED) is 0.352. The van der Waals surface area contributed by atoms with Crippen molar-refractivity contribution in [2.24, 2.45) is 5.92 Å². The largest absolute Gasteiger partial charge is 0.356 e. The Hall–Kier alpha value is -2.70. The minimum atomic E-state index is -0.0399. The van der Waals surface area contributed by atoms with Crippen LogP contribution >= 0.6 is 24.0 Å². The molecule has 4 nitrogen and oxygen atoms in total. The Balaban J connectivity index is 1.44. The van der Waals surface area contributed by atoms with Crippen LogP contribution in [0.25, 0.3) is 17.0 Å². The molecular weight excluding hydrogens is 446 g/mol. The first-order valence-corrected chi connectivity index (χ1v) is 12.6. The van der Waals surface area contributed by atoms with Gasteiger partial charge in [0.2, 0.25) is 0 Å². The van der Waals surface area contributed by atoms with Crippen molar-refractivity contribution in [1.29, 1.82) is 0 Å². The summed E-state index contributed by atoms with van der Waals surface area (Å²) in [7, 11) is 1.74. The Kier molecular flexibility index (Phi) is 6.21. The number of hydrogen-bond donors (Lipinski definition) is 0. The van der Waals surface area contributed by atoms with E-state index in [2.05, 4.69) is 66.4 Å². The highest BCUT2D eigenvalue weighted by Gasteiger charge is 2.30. The molecule has 0 bridgehead atoms. The maximum absolute atomic E-state index is 12.7. The molecule has 6 heteroatoms. The summed E-state index contributed by atoms with van der Waals surface area (Å²) in [6.45, 7) is 4.03. The number of aryl methyl sites for hydroxylation is 1. The zero-order valence-corrected chi connectivity index (χ0v) is 20.6. The van der Waals surface area contributed by atoms with Gasteiger partial charge in [0.1, 0.15) is 10.1 Å². The average Bonchev–Trinajstić information content (AvgIpc) is 3.06. The van der Waals surface area contributed by atoms with E-state index in [1.807, 2.05) is 6.08 Å². The first-order valence-electron chi connectivity index (χ1n) is 11.4. The van der Waals surface area contributed by atoms with E-state index in [-0.39, 0.29) is 5.91 Å². The highest BCUT2D eigenvalue weighted by Crippen LogP contribution is 2.35. The molecule has 3 aromatic rings. The highest BCUT2D eigenvalue weighted by molar-refractivity contribution is 8.26. The van der Waals surface area contributed by atoms with Gasteiger partial charge in [0.05, 0.1) is 10.4 Å². The number of hydrogen-bond acceptors (Lipinski definition) is 5. The summed E-state index contributed by atoms with van der Waals surface area (Å²) < 4.78 is 0.596. The molecule has 0 N–H and O–H groups in total. The lowest BCUT2D eigenvalue weighted by molar-refractivity contribution is -0.121. The SMILES string of the molecule is Cc1ccc2nc(N3CCC(Cc4ccccc4)CC3)c(/C=C3\SC(=S)N(C)C3=O)cc2c1. The smallest absolute Gasteiger partial charge is 0.265 e. The topological polar surface area (TPSA) is 36.4 Å². The molecule has 0 saturated carbocycles. The van der Waals surface area contributed by atoms with Crippen molar-refractivity contribution < 1.29 is 4.79 Å². The van der Waals surface area contributed by atoms with E-state index in [1.54, 1.807) is 11.9 Å². The zero-order valence-electron chi connectivity index (χ0n) is 19.0. The number of benzene rings is 2. The van der Waals surface area contributed by atoms with Crippen LogP contribution in [0.15, 0.2) is 59.5 Å². The Morgan fingerprint density at radius 1 is 1.12 bits per heavy atom. The number of nitrogens with zero attached hydrogens (tertiary/aromatic N) is 3. The first-order chi connectivity index (χ1) is 16.0. The van der Waals surface area contributed by atoms with E-state index in [0.29, 0.717) is 15.1 Å². The third kappa shape index (κ3) is 4.68. The predicted octanol–water partition coefficient (Wildman–Crippen LogP) is 5.83. The van der Waals surface area contributed by atoms with Crippen LogP contribution in [0.2, 0.25) is 0 Å². The second kappa shape index (κ2) is 9.27. The molecule has 168 valence electrons. The summed E-state index contributed by atoms with van der Waals surface area (Å²) in [4.78, 5) is 22.3. The number of fused-ring (bicyclic) bond motifs is 1. The van der Waals surface area contributed by atoms with E-state index in [9.17, 15) is 4.79 Å². The molecule has 5 rings (SSSR count). The molecule has 2 aliphatic heterocycles. The van der Waals surface area contributed by atoms with Crippen molar-refractivity contribution in [1.82, 2.24) is 9.88 Å². The van der Waals surface area contributed by atoms with Crippen LogP contribution in [0.3, 0.4) is 0 Å². The minimum absolute atomic E-state index is 0.0399. The lowest BCUT2D eigenvalue weighted by atomic mass is 9.90. The maximum atomic E-state index is 12.7. The molecular formula is C27H27N3OS2. The van der Waals surface area contributed by atoms with Gasteiger partial charge in [0.25, 0.3) is 5.91 Å². The molecule has 2 aliphatic rings. The Morgan fingerprint density at radius 3 is 2.58 bits per heavy atom. The van der Waals surface area contributed by atoms with E-state index >= 15 is 0 Å². The molecule has 0 radical (unpaired) electrons. The first kappa shape index (κ1) is 22.1. The number of thioether (sulfide) groups is 1. The summed E-state index contributed by atoms with van der Waals surface area (Å²) in [5, 5.41) is 1.09. The fraction of sp³-hybridized carbons (Fsp3) is 0.296. The molecule has 0 unspecified atom stereocenters. The van der Waals surface area contributed by atoms with Gasteiger partial charge in [-0.25, -0.2) is 4.98 Å². The van der Waals surface area contributed by atoms with Crippen LogP contribution in [0, 0.1) is 12.8 Å². The summed E-state index contributed by atoms with van der Waals surface area (Å²) in [5.74, 6) is 1.61. The van der Waals surface area contributed by atoms with Crippen molar-refractivity contribution in [3.8, 4) is 0 Å². The lowest BCUT2D eigenvalue weighted by Crippen LogP contribution is -2.35. The van der Waals surface area contributed by atoms with Gasteiger partial charge >= 0.3 is 0 Å². The number of piperidine rings is 1. The van der Waals surface area contributed by atoms with Crippen LogP contribution in [0.5, 0.6) is 0 Å². The molecule has 2 aromatic carbocycles. The van der Waals surface area contributed by atoms with Gasteiger partial charge in [-0.2, -0.15) is 0 Å². The van der Waals surface area contributed by atoms with Crippen LogP contribution in [-0.2, 0) is 11.2 Å². The van der Waals surface area contributed by atoms with Gasteiger partial charge in [0, 0.05) is 31.1 Å². The Labute approximate surface area is 204 Å². The van der Waals surface area contributed by atoms with Crippen molar-refractivity contribution in [3.05, 3.63) is 76.2 Å². The number of likely N-dealkylation sites (N-methyl/N-ethyl adjacent to an activating group) is 1. The Morgan fingerprint density at radius 2 is 1.88 bits per heavy atom. The third-order valence-corrected chi connectivity index (χ3v) is 8.02. The number of amides is 1. The molecule has 2 fully saturated rings. The molecule has 0 atom stereocenters. The number of pyridine rings is 1. The van der Waals surface area contributed by atoms with Crippen LogP contribution in [-0.4, -0.2) is 40.2 Å². The van der Waals surface area contributed by atoms with E-state index in [1.165, 1.54) is 22.9 Å². The number of carbonyl (C=O) groups is 1. The molecule has 1 amide bonds. The van der Waals surface area contributed by atoms with Crippen molar-refractivity contribution in [2.45, 2.75) is 26.2 Å². The number of carbonyl (C=O) groups excluding carboxylic acids is 1. The lowest BCUT2D eigenvalue weighted by Gasteiger charge is -2.34. The Bertz CT molecular complexity index is 1250. The number of anilines is 1. The standard InChI is InChI=1S/C27H27N3OS2/c1-18-8-9-23-21(14-18)16-22(17-24-26(31)29(2)27(32)33-24)25(28-23)30-12-10-20(11-13-30)15-19-6-4-3-5-7-19/h3-9,14,16-17,20H,10-13,15H2,1-2H3/b24-17-. The van der Waals surface area contributed by atoms with Gasteiger partial charge in [-0.15, -0.1) is 0 Å². The summed E-state index contributed by atoms with van der Waals surface area (Å²) in [6.07, 6.45) is 5.38. The van der Waals surface area contributed by atoms with Gasteiger partial charge in [-0.05, 0) is 61.9 Å². The predicted molar refractivity (Wildman–Crippen MR) is 142 cm³/mol. The van der Waals surface area contributed by atoms with Crippen molar-refractivity contribution >= 4 is 57.0 Å². The van der Waals surface area contributed by atoms with E-state index in [0.717, 1.165) is 54.6 Å². The van der Waals surface area contributed by atoms with Gasteiger partial charge in [0.15, 0.2) is 0 Å². The van der Waals surface area contributed by atoms with Crippen molar-refractivity contribution in [3.63, 3.8) is 0 Å². The molecule has 1 aromatic heterocycles. The summed E-state index contributed by atoms with van der Waals surface area (Å²) >= 11 is 6.70. The van der Waals surface area contributed by atoms with Gasteiger partial charge in [-0.3, -0.25) is 9.69 Å². The highest BCUT2D eigenvalue weighted by atomic mass is 32.2. The van der Waals surface area contributed by atoms with E-state index < -0.39 is 0 Å². The van der Waals surface area contributed by atoms with Crippen molar-refractivity contribution in [2.75, 3.05) is 25.0 Å².